The van der Waals surface area contributed by atoms with E-state index in [0.717, 1.165) is 16.6 Å². The molecular formula is C23H19N5O2. The van der Waals surface area contributed by atoms with Crippen LogP contribution in [-0.4, -0.2) is 21.8 Å². The number of para-hydroxylation sites is 1. The minimum absolute atomic E-state index is 0.177. The molecule has 3 N–H and O–H groups in total. The largest absolute Gasteiger partial charge is 0.352 e. The Morgan fingerprint density at radius 2 is 1.60 bits per heavy atom. The van der Waals surface area contributed by atoms with Crippen molar-refractivity contribution in [2.45, 2.75) is 6.92 Å². The average Bonchev–Trinajstić information content (AvgIpc) is 2.74. The lowest BCUT2D eigenvalue weighted by atomic mass is 10.2. The molecule has 4 rings (SSSR count). The lowest BCUT2D eigenvalue weighted by molar-refractivity contribution is -0.114. The molecule has 148 valence electrons. The number of hydrogen-bond donors (Lipinski definition) is 3. The van der Waals surface area contributed by atoms with E-state index in [9.17, 15) is 9.59 Å². The molecule has 0 atom stereocenters. The molecule has 0 aliphatic carbocycles. The van der Waals surface area contributed by atoms with Crippen molar-refractivity contribution in [3.8, 4) is 0 Å². The standard InChI is InChI=1S/C23H19N5O2/c1-15(29)26-18-7-3-8-19(12-18)28-23(30)17-11-20(14-24-13-17)27-21-9-2-5-16-6-4-10-25-22(16)21/h2-14,27H,1H3,(H,26,29)(H,28,30). The van der Waals surface area contributed by atoms with Gasteiger partial charge >= 0.3 is 0 Å². The molecule has 0 saturated carbocycles. The van der Waals surface area contributed by atoms with E-state index in [1.165, 1.54) is 13.1 Å². The number of pyridine rings is 2. The van der Waals surface area contributed by atoms with Crippen molar-refractivity contribution >= 4 is 45.5 Å². The molecule has 2 aromatic heterocycles. The zero-order chi connectivity index (χ0) is 20.9. The van der Waals surface area contributed by atoms with Gasteiger partial charge in [-0.15, -0.1) is 0 Å². The summed E-state index contributed by atoms with van der Waals surface area (Å²) in [7, 11) is 0. The number of nitrogens with one attached hydrogen (secondary N) is 3. The highest BCUT2D eigenvalue weighted by Crippen LogP contribution is 2.25. The summed E-state index contributed by atoms with van der Waals surface area (Å²) in [5, 5.41) is 9.81. The highest BCUT2D eigenvalue weighted by molar-refractivity contribution is 6.05. The molecule has 2 aromatic carbocycles. The van der Waals surface area contributed by atoms with Crippen LogP contribution in [0.1, 0.15) is 17.3 Å². The van der Waals surface area contributed by atoms with Gasteiger partial charge in [0.1, 0.15) is 0 Å². The maximum absolute atomic E-state index is 12.7. The fourth-order valence-corrected chi connectivity index (χ4v) is 3.07. The van der Waals surface area contributed by atoms with E-state index in [4.69, 9.17) is 0 Å². The molecule has 0 unspecified atom stereocenters. The average molecular weight is 397 g/mol. The molecule has 2 amide bonds. The summed E-state index contributed by atoms with van der Waals surface area (Å²) in [5.74, 6) is -0.480. The van der Waals surface area contributed by atoms with Gasteiger partial charge in [-0.2, -0.15) is 0 Å². The Bertz CT molecular complexity index is 1230. The van der Waals surface area contributed by atoms with Crippen molar-refractivity contribution in [3.05, 3.63) is 84.8 Å². The Kier molecular flexibility index (Phi) is 5.34. The molecule has 0 fully saturated rings. The molecule has 0 aliphatic heterocycles. The highest BCUT2D eigenvalue weighted by Gasteiger charge is 2.10. The van der Waals surface area contributed by atoms with Crippen molar-refractivity contribution < 1.29 is 9.59 Å². The number of fused-ring (bicyclic) bond motifs is 1. The molecule has 4 aromatic rings. The summed E-state index contributed by atoms with van der Waals surface area (Å²) in [5.41, 5.74) is 3.92. The van der Waals surface area contributed by atoms with Crippen LogP contribution in [0, 0.1) is 0 Å². The third-order valence-corrected chi connectivity index (χ3v) is 4.35. The third-order valence-electron chi connectivity index (χ3n) is 4.35. The number of carbonyl (C=O) groups is 2. The van der Waals surface area contributed by atoms with E-state index in [1.54, 1.807) is 42.7 Å². The summed E-state index contributed by atoms with van der Waals surface area (Å²) < 4.78 is 0. The van der Waals surface area contributed by atoms with Crippen molar-refractivity contribution in [2.24, 2.45) is 0 Å². The van der Waals surface area contributed by atoms with Gasteiger partial charge in [0.2, 0.25) is 5.91 Å². The minimum Gasteiger partial charge on any atom is -0.352 e. The zero-order valence-electron chi connectivity index (χ0n) is 16.2. The zero-order valence-corrected chi connectivity index (χ0v) is 16.2. The Hall–Kier alpha value is -4.26. The van der Waals surface area contributed by atoms with E-state index >= 15 is 0 Å². The minimum atomic E-state index is -0.304. The first-order chi connectivity index (χ1) is 14.6. The maximum atomic E-state index is 12.7. The SMILES string of the molecule is CC(=O)Nc1cccc(NC(=O)c2cncc(Nc3cccc4cccnc34)c2)c1. The predicted octanol–water partition coefficient (Wildman–Crippen LogP) is 4.58. The van der Waals surface area contributed by atoms with Crippen molar-refractivity contribution in [1.82, 2.24) is 9.97 Å². The van der Waals surface area contributed by atoms with Crippen molar-refractivity contribution in [3.63, 3.8) is 0 Å². The lowest BCUT2D eigenvalue weighted by Crippen LogP contribution is -2.13. The van der Waals surface area contributed by atoms with E-state index in [-0.39, 0.29) is 11.8 Å². The Balaban J connectivity index is 1.53. The van der Waals surface area contributed by atoms with Gasteiger partial charge in [0, 0.05) is 36.1 Å². The first-order valence-corrected chi connectivity index (χ1v) is 9.33. The van der Waals surface area contributed by atoms with Gasteiger partial charge in [0.05, 0.1) is 28.7 Å². The lowest BCUT2D eigenvalue weighted by Gasteiger charge is -2.11. The number of nitrogens with zero attached hydrogens (tertiary/aromatic N) is 2. The van der Waals surface area contributed by atoms with E-state index in [1.807, 2.05) is 30.3 Å². The molecule has 0 aliphatic rings. The number of anilines is 4. The summed E-state index contributed by atoms with van der Waals surface area (Å²) >= 11 is 0. The second-order valence-electron chi connectivity index (χ2n) is 6.68. The summed E-state index contributed by atoms with van der Waals surface area (Å²) in [4.78, 5) is 32.5. The molecule has 30 heavy (non-hydrogen) atoms. The summed E-state index contributed by atoms with van der Waals surface area (Å²) in [6.45, 7) is 1.43. The molecule has 0 radical (unpaired) electrons. The Morgan fingerprint density at radius 3 is 2.43 bits per heavy atom. The van der Waals surface area contributed by atoms with E-state index < -0.39 is 0 Å². The molecule has 7 nitrogen and oxygen atoms in total. The fraction of sp³-hybridized carbons (Fsp3) is 0.0435. The van der Waals surface area contributed by atoms with Crippen molar-refractivity contribution in [1.29, 1.82) is 0 Å². The van der Waals surface area contributed by atoms with Gasteiger partial charge in [-0.3, -0.25) is 19.6 Å². The number of benzene rings is 2. The fourth-order valence-electron chi connectivity index (χ4n) is 3.07. The quantitative estimate of drug-likeness (QED) is 0.458. The second kappa shape index (κ2) is 8.40. The maximum Gasteiger partial charge on any atom is 0.257 e. The van der Waals surface area contributed by atoms with Gasteiger partial charge in [-0.25, -0.2) is 0 Å². The normalized spacial score (nSPS) is 10.4. The Labute approximate surface area is 173 Å². The molecule has 7 heteroatoms. The number of rotatable bonds is 5. The second-order valence-corrected chi connectivity index (χ2v) is 6.68. The van der Waals surface area contributed by atoms with Gasteiger partial charge < -0.3 is 16.0 Å². The van der Waals surface area contributed by atoms with Gasteiger partial charge in [0.25, 0.3) is 5.91 Å². The van der Waals surface area contributed by atoms with Crippen LogP contribution in [-0.2, 0) is 4.79 Å². The molecular weight excluding hydrogens is 378 g/mol. The van der Waals surface area contributed by atoms with Crippen molar-refractivity contribution in [2.75, 3.05) is 16.0 Å². The third kappa shape index (κ3) is 4.41. The van der Waals surface area contributed by atoms with Gasteiger partial charge in [0.15, 0.2) is 0 Å². The molecule has 0 saturated heterocycles. The van der Waals surface area contributed by atoms with Gasteiger partial charge in [-0.05, 0) is 36.4 Å². The number of carbonyl (C=O) groups excluding carboxylic acids is 2. The first-order valence-electron chi connectivity index (χ1n) is 9.33. The summed E-state index contributed by atoms with van der Waals surface area (Å²) in [6.07, 6.45) is 4.89. The van der Waals surface area contributed by atoms with Crippen LogP contribution >= 0.6 is 0 Å². The van der Waals surface area contributed by atoms with Crippen LogP contribution in [0.15, 0.2) is 79.3 Å². The summed E-state index contributed by atoms with van der Waals surface area (Å²) in [6, 6.07) is 18.4. The van der Waals surface area contributed by atoms with Crippen LogP contribution in [0.25, 0.3) is 10.9 Å². The monoisotopic (exact) mass is 397 g/mol. The topological polar surface area (TPSA) is 96.0 Å². The molecule has 0 spiro atoms. The highest BCUT2D eigenvalue weighted by atomic mass is 16.2. The Morgan fingerprint density at radius 1 is 0.833 bits per heavy atom. The van der Waals surface area contributed by atoms with Crippen LogP contribution in [0.3, 0.4) is 0 Å². The van der Waals surface area contributed by atoms with Crippen LogP contribution in [0.4, 0.5) is 22.7 Å². The first kappa shape index (κ1) is 19.1. The number of aromatic nitrogens is 2. The number of amides is 2. The molecule has 2 heterocycles. The smallest absolute Gasteiger partial charge is 0.257 e. The van der Waals surface area contributed by atoms with Crippen LogP contribution in [0.5, 0.6) is 0 Å². The van der Waals surface area contributed by atoms with E-state index in [0.29, 0.717) is 22.6 Å². The van der Waals surface area contributed by atoms with Crippen LogP contribution in [0.2, 0.25) is 0 Å². The van der Waals surface area contributed by atoms with E-state index in [2.05, 4.69) is 25.9 Å². The molecule has 0 bridgehead atoms. The van der Waals surface area contributed by atoms with Gasteiger partial charge in [-0.1, -0.05) is 24.3 Å². The number of hydrogen-bond acceptors (Lipinski definition) is 5. The van der Waals surface area contributed by atoms with Crippen LogP contribution < -0.4 is 16.0 Å². The predicted molar refractivity (Wildman–Crippen MR) is 118 cm³/mol.